The van der Waals surface area contributed by atoms with Gasteiger partial charge in [0, 0.05) is 29.7 Å². The lowest BCUT2D eigenvalue weighted by atomic mass is 10.0. The van der Waals surface area contributed by atoms with Crippen molar-refractivity contribution in [3.63, 3.8) is 0 Å². The first-order valence-corrected chi connectivity index (χ1v) is 7.96. The number of piperidine rings is 1. The van der Waals surface area contributed by atoms with Crippen LogP contribution in [-0.2, 0) is 0 Å². The van der Waals surface area contributed by atoms with E-state index >= 15 is 0 Å². The fraction of sp³-hybridized carbons (Fsp3) is 0.500. The summed E-state index contributed by atoms with van der Waals surface area (Å²) in [6, 6.07) is 9.18. The van der Waals surface area contributed by atoms with Gasteiger partial charge in [0.2, 0.25) is 0 Å². The second-order valence-corrected chi connectivity index (χ2v) is 6.13. The van der Waals surface area contributed by atoms with Crippen LogP contribution in [0.5, 0.6) is 0 Å². The van der Waals surface area contributed by atoms with Gasteiger partial charge in [0.15, 0.2) is 0 Å². The van der Waals surface area contributed by atoms with E-state index in [1.54, 1.807) is 0 Å². The van der Waals surface area contributed by atoms with E-state index in [-0.39, 0.29) is 0 Å². The molecule has 0 radical (unpaired) electrons. The summed E-state index contributed by atoms with van der Waals surface area (Å²) < 4.78 is 0. The Hall–Kier alpha value is -1.11. The predicted molar refractivity (Wildman–Crippen MR) is 84.8 cm³/mol. The van der Waals surface area contributed by atoms with Gasteiger partial charge >= 0.3 is 0 Å². The first-order valence-electron chi connectivity index (χ1n) is 6.97. The normalized spacial score (nSPS) is 17.1. The fourth-order valence-electron chi connectivity index (χ4n) is 2.45. The fourth-order valence-corrected chi connectivity index (χ4v) is 3.22. The minimum atomic E-state index is 0.577. The summed E-state index contributed by atoms with van der Waals surface area (Å²) in [5.41, 5.74) is 1.28. The van der Waals surface area contributed by atoms with E-state index in [1.165, 1.54) is 23.4 Å². The SMILES string of the molecule is C#CCN1CCC(Nc2ccccc2SCC)CC1. The van der Waals surface area contributed by atoms with Crippen molar-refractivity contribution in [2.24, 2.45) is 0 Å². The van der Waals surface area contributed by atoms with Crippen LogP contribution in [0.1, 0.15) is 19.8 Å². The lowest BCUT2D eigenvalue weighted by molar-refractivity contribution is 0.243. The molecule has 0 aliphatic carbocycles. The van der Waals surface area contributed by atoms with Crippen LogP contribution < -0.4 is 5.32 Å². The van der Waals surface area contributed by atoms with E-state index in [2.05, 4.69) is 47.3 Å². The molecule has 0 amide bonds. The van der Waals surface area contributed by atoms with Gasteiger partial charge in [-0.1, -0.05) is 25.0 Å². The number of hydrogen-bond donors (Lipinski definition) is 1. The minimum absolute atomic E-state index is 0.577. The summed E-state index contributed by atoms with van der Waals surface area (Å²) in [4.78, 5) is 3.71. The van der Waals surface area contributed by atoms with Gasteiger partial charge < -0.3 is 5.32 Å². The van der Waals surface area contributed by atoms with E-state index in [9.17, 15) is 0 Å². The Labute approximate surface area is 121 Å². The zero-order chi connectivity index (χ0) is 13.5. The molecule has 1 aliphatic rings. The minimum Gasteiger partial charge on any atom is -0.381 e. The maximum absolute atomic E-state index is 5.36. The van der Waals surface area contributed by atoms with Crippen molar-refractivity contribution in [3.05, 3.63) is 24.3 Å². The van der Waals surface area contributed by atoms with Gasteiger partial charge in [-0.2, -0.15) is 0 Å². The molecule has 1 saturated heterocycles. The molecule has 1 aliphatic heterocycles. The Kier molecular flexibility index (Phi) is 5.62. The molecular weight excluding hydrogens is 252 g/mol. The number of benzene rings is 1. The van der Waals surface area contributed by atoms with Crippen molar-refractivity contribution in [1.82, 2.24) is 4.90 Å². The molecular formula is C16H22N2S. The molecule has 2 nitrogen and oxygen atoms in total. The predicted octanol–water partition coefficient (Wildman–Crippen LogP) is 3.31. The summed E-state index contributed by atoms with van der Waals surface area (Å²) in [6.45, 7) is 5.19. The van der Waals surface area contributed by atoms with Gasteiger partial charge in [-0.15, -0.1) is 18.2 Å². The molecule has 0 atom stereocenters. The topological polar surface area (TPSA) is 15.3 Å². The van der Waals surface area contributed by atoms with Gasteiger partial charge in [-0.3, -0.25) is 4.90 Å². The van der Waals surface area contributed by atoms with Crippen molar-refractivity contribution in [2.45, 2.75) is 30.7 Å². The van der Waals surface area contributed by atoms with Crippen molar-refractivity contribution in [2.75, 3.05) is 30.7 Å². The van der Waals surface area contributed by atoms with Gasteiger partial charge in [-0.25, -0.2) is 0 Å². The summed E-state index contributed by atoms with van der Waals surface area (Å²) in [6.07, 6.45) is 7.71. The maximum atomic E-state index is 5.36. The van der Waals surface area contributed by atoms with Crippen LogP contribution in [0.4, 0.5) is 5.69 Å². The third-order valence-electron chi connectivity index (χ3n) is 3.45. The van der Waals surface area contributed by atoms with Crippen LogP contribution in [0, 0.1) is 12.3 Å². The Bertz CT molecular complexity index is 431. The quantitative estimate of drug-likeness (QED) is 0.655. The highest BCUT2D eigenvalue weighted by Gasteiger charge is 2.18. The summed E-state index contributed by atoms with van der Waals surface area (Å²) in [5.74, 6) is 3.84. The van der Waals surface area contributed by atoms with Crippen molar-refractivity contribution < 1.29 is 0 Å². The lowest BCUT2D eigenvalue weighted by Crippen LogP contribution is -2.39. The van der Waals surface area contributed by atoms with Gasteiger partial charge in [0.1, 0.15) is 0 Å². The Morgan fingerprint density at radius 3 is 2.79 bits per heavy atom. The molecule has 1 heterocycles. The molecule has 0 saturated carbocycles. The van der Waals surface area contributed by atoms with Gasteiger partial charge in [0.05, 0.1) is 6.54 Å². The highest BCUT2D eigenvalue weighted by Crippen LogP contribution is 2.28. The molecule has 0 spiro atoms. The molecule has 1 N–H and O–H groups in total. The van der Waals surface area contributed by atoms with Crippen LogP contribution in [0.3, 0.4) is 0 Å². The van der Waals surface area contributed by atoms with Crippen LogP contribution in [0.15, 0.2) is 29.2 Å². The summed E-state index contributed by atoms with van der Waals surface area (Å²) in [5, 5.41) is 3.70. The van der Waals surface area contributed by atoms with Gasteiger partial charge in [0.25, 0.3) is 0 Å². The van der Waals surface area contributed by atoms with Crippen molar-refractivity contribution in [1.29, 1.82) is 0 Å². The molecule has 1 aromatic rings. The average Bonchev–Trinajstić information content (AvgIpc) is 2.44. The molecule has 1 aromatic carbocycles. The summed E-state index contributed by atoms with van der Waals surface area (Å²) in [7, 11) is 0. The van der Waals surface area contributed by atoms with E-state index in [0.717, 1.165) is 25.4 Å². The molecule has 19 heavy (non-hydrogen) atoms. The highest BCUT2D eigenvalue weighted by atomic mass is 32.2. The van der Waals surface area contributed by atoms with E-state index in [0.29, 0.717) is 6.04 Å². The first-order chi connectivity index (χ1) is 9.33. The molecule has 0 unspecified atom stereocenters. The van der Waals surface area contributed by atoms with Crippen LogP contribution in [-0.4, -0.2) is 36.3 Å². The molecule has 0 aromatic heterocycles. The smallest absolute Gasteiger partial charge is 0.0598 e. The van der Waals surface area contributed by atoms with E-state index in [1.807, 2.05) is 11.8 Å². The second-order valence-electron chi connectivity index (χ2n) is 4.83. The number of para-hydroxylation sites is 1. The van der Waals surface area contributed by atoms with Crippen molar-refractivity contribution >= 4 is 17.4 Å². The number of terminal acetylenes is 1. The van der Waals surface area contributed by atoms with E-state index in [4.69, 9.17) is 6.42 Å². The highest BCUT2D eigenvalue weighted by molar-refractivity contribution is 7.99. The third-order valence-corrected chi connectivity index (χ3v) is 4.40. The average molecular weight is 274 g/mol. The number of nitrogens with zero attached hydrogens (tertiary/aromatic N) is 1. The molecule has 102 valence electrons. The Morgan fingerprint density at radius 1 is 1.37 bits per heavy atom. The number of rotatable bonds is 5. The Morgan fingerprint density at radius 2 is 2.11 bits per heavy atom. The van der Waals surface area contributed by atoms with Gasteiger partial charge in [-0.05, 0) is 30.7 Å². The Balaban J connectivity index is 1.90. The first kappa shape index (κ1) is 14.3. The maximum Gasteiger partial charge on any atom is 0.0598 e. The van der Waals surface area contributed by atoms with Crippen LogP contribution >= 0.6 is 11.8 Å². The van der Waals surface area contributed by atoms with Crippen LogP contribution in [0.25, 0.3) is 0 Å². The standard InChI is InChI=1S/C16H22N2S/c1-3-11-18-12-9-14(10-13-18)17-15-7-5-6-8-16(15)19-4-2/h1,5-8,14,17H,4,9-13H2,2H3. The number of anilines is 1. The van der Waals surface area contributed by atoms with Crippen molar-refractivity contribution in [3.8, 4) is 12.3 Å². The monoisotopic (exact) mass is 274 g/mol. The molecule has 3 heteroatoms. The number of hydrogen-bond acceptors (Lipinski definition) is 3. The zero-order valence-corrected chi connectivity index (χ0v) is 12.4. The number of likely N-dealkylation sites (tertiary alicyclic amines) is 1. The number of thioether (sulfide) groups is 1. The lowest BCUT2D eigenvalue weighted by Gasteiger charge is -2.32. The number of nitrogens with one attached hydrogen (secondary N) is 1. The largest absolute Gasteiger partial charge is 0.381 e. The van der Waals surface area contributed by atoms with E-state index < -0.39 is 0 Å². The molecule has 1 fully saturated rings. The molecule has 0 bridgehead atoms. The zero-order valence-electron chi connectivity index (χ0n) is 11.6. The molecule has 2 rings (SSSR count). The summed E-state index contributed by atoms with van der Waals surface area (Å²) >= 11 is 1.90. The second kappa shape index (κ2) is 7.47. The van der Waals surface area contributed by atoms with Crippen LogP contribution in [0.2, 0.25) is 0 Å². The third kappa shape index (κ3) is 4.19.